The van der Waals surface area contributed by atoms with E-state index >= 15 is 0 Å². The van der Waals surface area contributed by atoms with Gasteiger partial charge in [-0.3, -0.25) is 4.55 Å². The molecule has 120 valence electrons. The molecule has 0 saturated carbocycles. The molecule has 0 aromatic heterocycles. The highest BCUT2D eigenvalue weighted by atomic mass is 32.2. The fraction of sp³-hybridized carbons (Fsp3) is 0.400. The molecule has 0 unspecified atom stereocenters. The van der Waals surface area contributed by atoms with Gasteiger partial charge in [0, 0.05) is 16.3 Å². The number of anilines is 1. The molecule has 0 aliphatic carbocycles. The number of aryl methyl sites for hydroxylation is 1. The molecule has 0 fully saturated rings. The van der Waals surface area contributed by atoms with Gasteiger partial charge in [-0.05, 0) is 43.5 Å². The number of hydrogen-bond donors (Lipinski definition) is 1. The Balaban J connectivity index is 2.25. The summed E-state index contributed by atoms with van der Waals surface area (Å²) in [5, 5.41) is 1.02. The Bertz CT molecular complexity index is 711. The van der Waals surface area contributed by atoms with E-state index < -0.39 is 10.1 Å². The number of thioether (sulfide) groups is 1. The van der Waals surface area contributed by atoms with Crippen LogP contribution in [0.25, 0.3) is 0 Å². The van der Waals surface area contributed by atoms with Crippen LogP contribution in [0.5, 0.6) is 0 Å². The fourth-order valence-corrected chi connectivity index (χ4v) is 4.01. The number of fused-ring (bicyclic) bond motifs is 1. The van der Waals surface area contributed by atoms with Crippen molar-refractivity contribution in [3.8, 4) is 0 Å². The van der Waals surface area contributed by atoms with E-state index in [0.29, 0.717) is 13.0 Å². The lowest BCUT2D eigenvalue weighted by molar-refractivity contribution is 0.481. The van der Waals surface area contributed by atoms with Crippen LogP contribution in [0, 0.1) is 6.92 Å². The fourth-order valence-electron chi connectivity index (χ4n) is 2.19. The number of nitrogens with zero attached hydrogens (tertiary/aromatic N) is 1. The predicted molar refractivity (Wildman–Crippen MR) is 96.4 cm³/mol. The normalized spacial score (nSPS) is 16.1. The molecule has 0 atom stereocenters. The molecule has 1 heterocycles. The van der Waals surface area contributed by atoms with Crippen molar-refractivity contribution in [2.75, 3.05) is 17.2 Å². The minimum absolute atomic E-state index is 0.235. The molecule has 1 N–H and O–H groups in total. The van der Waals surface area contributed by atoms with Crippen LogP contribution in [0.1, 0.15) is 25.3 Å². The van der Waals surface area contributed by atoms with Gasteiger partial charge >= 0.3 is 0 Å². The third-order valence-electron chi connectivity index (χ3n) is 3.30. The lowest BCUT2D eigenvalue weighted by Crippen LogP contribution is -2.22. The molecular formula is C15H19NO3S3. The summed E-state index contributed by atoms with van der Waals surface area (Å²) in [4.78, 5) is 4.09. The van der Waals surface area contributed by atoms with Gasteiger partial charge in [0.15, 0.2) is 0 Å². The lowest BCUT2D eigenvalue weighted by Gasteiger charge is -2.20. The summed E-state index contributed by atoms with van der Waals surface area (Å²) in [5.74, 6) is -0.235. The van der Waals surface area contributed by atoms with E-state index in [1.54, 1.807) is 11.8 Å². The average Bonchev–Trinajstić information content (AvgIpc) is 2.75. The quantitative estimate of drug-likeness (QED) is 0.475. The second-order valence-electron chi connectivity index (χ2n) is 5.17. The summed E-state index contributed by atoms with van der Waals surface area (Å²) in [6, 6.07) is 6.22. The summed E-state index contributed by atoms with van der Waals surface area (Å²) in [7, 11) is -3.93. The highest BCUT2D eigenvalue weighted by Gasteiger charge is 2.25. The first-order chi connectivity index (χ1) is 10.3. The van der Waals surface area contributed by atoms with E-state index in [4.69, 9.17) is 16.8 Å². The summed E-state index contributed by atoms with van der Waals surface area (Å²) in [6.07, 6.45) is 3.14. The molecule has 7 heteroatoms. The Kier molecular flexibility index (Phi) is 5.65. The zero-order valence-corrected chi connectivity index (χ0v) is 15.0. The molecule has 0 bridgehead atoms. The van der Waals surface area contributed by atoms with Crippen LogP contribution >= 0.6 is 24.0 Å². The Labute approximate surface area is 141 Å². The molecule has 4 nitrogen and oxygen atoms in total. The summed E-state index contributed by atoms with van der Waals surface area (Å²) in [5.41, 5.74) is 2.23. The van der Waals surface area contributed by atoms with E-state index in [1.807, 2.05) is 19.9 Å². The molecule has 0 radical (unpaired) electrons. The number of benzene rings is 1. The number of hydrogen-bond acceptors (Lipinski definition) is 5. The van der Waals surface area contributed by atoms with Gasteiger partial charge < -0.3 is 4.90 Å². The van der Waals surface area contributed by atoms with Crippen molar-refractivity contribution in [1.29, 1.82) is 0 Å². The second kappa shape index (κ2) is 7.12. The third-order valence-corrected chi connectivity index (χ3v) is 5.63. The van der Waals surface area contributed by atoms with Gasteiger partial charge in [-0.15, -0.1) is 0 Å². The van der Waals surface area contributed by atoms with Gasteiger partial charge in [0.25, 0.3) is 10.1 Å². The zero-order valence-electron chi connectivity index (χ0n) is 12.6. The first kappa shape index (κ1) is 17.5. The highest BCUT2D eigenvalue weighted by Crippen LogP contribution is 2.46. The van der Waals surface area contributed by atoms with Crippen LogP contribution in [0.2, 0.25) is 0 Å². The smallest absolute Gasteiger partial charge is 0.264 e. The molecule has 1 aromatic rings. The Morgan fingerprint density at radius 2 is 2.18 bits per heavy atom. The van der Waals surface area contributed by atoms with E-state index in [9.17, 15) is 8.42 Å². The van der Waals surface area contributed by atoms with Gasteiger partial charge in [0.1, 0.15) is 0 Å². The minimum atomic E-state index is -3.93. The van der Waals surface area contributed by atoms with Gasteiger partial charge in [0.05, 0.1) is 16.5 Å². The van der Waals surface area contributed by atoms with Gasteiger partial charge in [-0.1, -0.05) is 37.0 Å². The molecule has 1 aromatic carbocycles. The van der Waals surface area contributed by atoms with E-state index in [1.165, 1.54) is 0 Å². The van der Waals surface area contributed by atoms with Crippen LogP contribution in [0.15, 0.2) is 34.2 Å². The highest BCUT2D eigenvalue weighted by molar-refractivity contribution is 8.03. The van der Waals surface area contributed by atoms with Crippen LogP contribution in [-0.2, 0) is 10.1 Å². The summed E-state index contributed by atoms with van der Waals surface area (Å²) >= 11 is 6.94. The van der Waals surface area contributed by atoms with E-state index in [0.717, 1.165) is 32.5 Å². The average molecular weight is 358 g/mol. The largest absolute Gasteiger partial charge is 0.335 e. The maximum atomic E-state index is 10.9. The Morgan fingerprint density at radius 1 is 1.45 bits per heavy atom. The molecule has 0 saturated heterocycles. The molecule has 0 spiro atoms. The lowest BCUT2D eigenvalue weighted by atomic mass is 10.2. The van der Waals surface area contributed by atoms with Crippen LogP contribution in [0.4, 0.5) is 5.69 Å². The third kappa shape index (κ3) is 4.55. The molecule has 2 rings (SSSR count). The zero-order chi connectivity index (χ0) is 16.3. The van der Waals surface area contributed by atoms with Gasteiger partial charge in [-0.25, -0.2) is 0 Å². The minimum Gasteiger partial charge on any atom is -0.335 e. The predicted octanol–water partition coefficient (Wildman–Crippen LogP) is 3.81. The first-order valence-corrected chi connectivity index (χ1v) is 9.89. The standard InChI is InChI=1S/C15H19NO3S3/c1-3-12(20)10-15-16(7-4-8-22(17,18)19)13-9-11(2)5-6-14(13)21-15/h5-6,9-10H,3-4,7-8H2,1-2H3,(H,17,18,19)/b15-10-. The van der Waals surface area contributed by atoms with Crippen molar-refractivity contribution >= 4 is 44.6 Å². The number of thiocarbonyl (C=S) groups is 1. The van der Waals surface area contributed by atoms with E-state index in [2.05, 4.69) is 23.1 Å². The van der Waals surface area contributed by atoms with Crippen LogP contribution in [-0.4, -0.2) is 30.1 Å². The number of allylic oxidation sites excluding steroid dienone is 1. The van der Waals surface area contributed by atoms with Crippen molar-refractivity contribution < 1.29 is 13.0 Å². The monoisotopic (exact) mass is 357 g/mol. The molecule has 22 heavy (non-hydrogen) atoms. The Hall–Kier alpha value is -0.890. The molecule has 1 aliphatic heterocycles. The molecular weight excluding hydrogens is 338 g/mol. The topological polar surface area (TPSA) is 57.6 Å². The second-order valence-corrected chi connectivity index (χ2v) is 8.33. The van der Waals surface area contributed by atoms with Crippen molar-refractivity contribution in [3.05, 3.63) is 34.9 Å². The summed E-state index contributed by atoms with van der Waals surface area (Å²) in [6.45, 7) is 4.57. The van der Waals surface area contributed by atoms with Crippen molar-refractivity contribution in [3.63, 3.8) is 0 Å². The Morgan fingerprint density at radius 3 is 2.82 bits per heavy atom. The van der Waals surface area contributed by atoms with Crippen LogP contribution < -0.4 is 4.90 Å². The SMILES string of the molecule is CCC(=S)/C=C1\Sc2ccc(C)cc2N1CCCS(=O)(=O)O. The van der Waals surface area contributed by atoms with Crippen molar-refractivity contribution in [1.82, 2.24) is 0 Å². The maximum Gasteiger partial charge on any atom is 0.264 e. The van der Waals surface area contributed by atoms with Gasteiger partial charge in [-0.2, -0.15) is 8.42 Å². The molecule has 1 aliphatic rings. The van der Waals surface area contributed by atoms with Crippen LogP contribution in [0.3, 0.4) is 0 Å². The van der Waals surface area contributed by atoms with Crippen molar-refractivity contribution in [2.24, 2.45) is 0 Å². The van der Waals surface area contributed by atoms with Crippen molar-refractivity contribution in [2.45, 2.75) is 31.6 Å². The summed E-state index contributed by atoms with van der Waals surface area (Å²) < 4.78 is 30.7. The van der Waals surface area contributed by atoms with E-state index in [-0.39, 0.29) is 5.75 Å². The molecule has 0 amide bonds. The maximum absolute atomic E-state index is 10.9. The van der Waals surface area contributed by atoms with Gasteiger partial charge in [0.2, 0.25) is 0 Å². The number of rotatable bonds is 6. The first-order valence-electron chi connectivity index (χ1n) is 7.06.